The van der Waals surface area contributed by atoms with Gasteiger partial charge in [-0.15, -0.1) is 0 Å². The van der Waals surface area contributed by atoms with Crippen LogP contribution in [0.2, 0.25) is 0 Å². The number of alkyl carbamates (subject to hydrolysis) is 1. The molecule has 196 valence electrons. The van der Waals surface area contributed by atoms with Crippen LogP contribution in [0.25, 0.3) is 0 Å². The first kappa shape index (κ1) is 29.7. The number of hydrogen-bond donors (Lipinski definition) is 3. The van der Waals surface area contributed by atoms with E-state index in [0.29, 0.717) is 12.0 Å². The van der Waals surface area contributed by atoms with Gasteiger partial charge in [-0.3, -0.25) is 14.4 Å². The minimum absolute atomic E-state index is 0.00559. The summed E-state index contributed by atoms with van der Waals surface area (Å²) in [4.78, 5) is 52.7. The molecule has 3 unspecified atom stereocenters. The van der Waals surface area contributed by atoms with E-state index in [1.54, 1.807) is 34.6 Å². The first-order chi connectivity index (χ1) is 16.2. The van der Waals surface area contributed by atoms with Crippen molar-refractivity contribution in [1.29, 1.82) is 0 Å². The second-order valence-corrected chi connectivity index (χ2v) is 9.64. The Kier molecular flexibility index (Phi) is 11.0. The highest BCUT2D eigenvalue weighted by molar-refractivity contribution is 5.93. The monoisotopic (exact) mass is 493 g/mol. The lowest BCUT2D eigenvalue weighted by molar-refractivity contribution is -0.146. The van der Waals surface area contributed by atoms with Crippen LogP contribution in [-0.2, 0) is 23.9 Å². The molecule has 3 amide bonds. The Bertz CT molecular complexity index is 878. The normalized spacial score (nSPS) is 13.9. The highest BCUT2D eigenvalue weighted by Crippen LogP contribution is 2.28. The summed E-state index contributed by atoms with van der Waals surface area (Å²) in [5.74, 6) is -2.01. The number of aromatic hydroxyl groups is 1. The average Bonchev–Trinajstić information content (AvgIpc) is 2.77. The zero-order valence-electron chi connectivity index (χ0n) is 21.9. The summed E-state index contributed by atoms with van der Waals surface area (Å²) in [5, 5.41) is 14.9. The minimum Gasteiger partial charge on any atom is -0.508 e. The third kappa shape index (κ3) is 9.11. The number of carbonyl (C=O) groups excluding carboxylic acids is 4. The number of carbonyl (C=O) groups is 4. The van der Waals surface area contributed by atoms with Crippen molar-refractivity contribution >= 4 is 23.9 Å². The lowest BCUT2D eigenvalue weighted by Gasteiger charge is -2.38. The van der Waals surface area contributed by atoms with E-state index in [1.807, 2.05) is 13.8 Å². The third-order valence-electron chi connectivity index (χ3n) is 5.33. The number of ether oxygens (including phenoxy) is 2. The fraction of sp³-hybridized carbons (Fsp3) is 0.600. The molecular formula is C25H39N3O7. The molecule has 1 aromatic carbocycles. The maximum Gasteiger partial charge on any atom is 0.408 e. The summed E-state index contributed by atoms with van der Waals surface area (Å²) in [5.41, 5.74) is -0.333. The van der Waals surface area contributed by atoms with Crippen LogP contribution >= 0.6 is 0 Å². The number of phenolic OH excluding ortho intramolecular Hbond substituents is 1. The molecular weight excluding hydrogens is 454 g/mol. The van der Waals surface area contributed by atoms with Crippen LogP contribution in [0.5, 0.6) is 5.75 Å². The fourth-order valence-corrected chi connectivity index (χ4v) is 3.38. The number of methoxy groups -OCH3 is 1. The zero-order chi connectivity index (χ0) is 26.9. The maximum atomic E-state index is 13.9. The number of benzene rings is 1. The molecule has 0 aliphatic heterocycles. The largest absolute Gasteiger partial charge is 0.508 e. The van der Waals surface area contributed by atoms with Crippen molar-refractivity contribution in [3.05, 3.63) is 29.8 Å². The van der Waals surface area contributed by atoms with Gasteiger partial charge < -0.3 is 30.1 Å². The van der Waals surface area contributed by atoms with Crippen molar-refractivity contribution < 1.29 is 33.8 Å². The molecule has 0 spiro atoms. The van der Waals surface area contributed by atoms with Crippen molar-refractivity contribution in [2.24, 2.45) is 5.92 Å². The van der Waals surface area contributed by atoms with Gasteiger partial charge >= 0.3 is 12.1 Å². The SMILES string of the molecule is CCC(C)C(NC(=O)OC(C)(C)C)C(=O)N(C(C)C)C(C(=O)NCC(=O)OC)c1ccc(O)cc1. The van der Waals surface area contributed by atoms with Crippen LogP contribution < -0.4 is 10.6 Å². The molecule has 35 heavy (non-hydrogen) atoms. The first-order valence-corrected chi connectivity index (χ1v) is 11.7. The highest BCUT2D eigenvalue weighted by Gasteiger charge is 2.39. The number of phenols is 1. The highest BCUT2D eigenvalue weighted by atomic mass is 16.6. The average molecular weight is 494 g/mol. The summed E-state index contributed by atoms with van der Waals surface area (Å²) in [7, 11) is 1.20. The van der Waals surface area contributed by atoms with E-state index in [4.69, 9.17) is 4.74 Å². The molecule has 0 aromatic heterocycles. The van der Waals surface area contributed by atoms with Crippen molar-refractivity contribution in [3.63, 3.8) is 0 Å². The second kappa shape index (κ2) is 13.0. The topological polar surface area (TPSA) is 134 Å². The van der Waals surface area contributed by atoms with Crippen molar-refractivity contribution in [2.45, 2.75) is 78.6 Å². The van der Waals surface area contributed by atoms with Gasteiger partial charge in [0.15, 0.2) is 0 Å². The van der Waals surface area contributed by atoms with E-state index < -0.39 is 47.6 Å². The molecule has 0 aliphatic rings. The van der Waals surface area contributed by atoms with Gasteiger partial charge in [0, 0.05) is 6.04 Å². The van der Waals surface area contributed by atoms with E-state index >= 15 is 0 Å². The van der Waals surface area contributed by atoms with Crippen LogP contribution in [0.15, 0.2) is 24.3 Å². The minimum atomic E-state index is -1.14. The molecule has 0 saturated carbocycles. The van der Waals surface area contributed by atoms with Gasteiger partial charge in [0.2, 0.25) is 11.8 Å². The van der Waals surface area contributed by atoms with Gasteiger partial charge in [-0.25, -0.2) is 4.79 Å². The third-order valence-corrected chi connectivity index (χ3v) is 5.33. The van der Waals surface area contributed by atoms with E-state index in [2.05, 4.69) is 15.4 Å². The van der Waals surface area contributed by atoms with Crippen molar-refractivity contribution in [2.75, 3.05) is 13.7 Å². The second-order valence-electron chi connectivity index (χ2n) is 9.64. The van der Waals surface area contributed by atoms with E-state index in [1.165, 1.54) is 36.3 Å². The maximum absolute atomic E-state index is 13.9. The Morgan fingerprint density at radius 1 is 1.06 bits per heavy atom. The van der Waals surface area contributed by atoms with Gasteiger partial charge in [0.1, 0.15) is 30.0 Å². The summed E-state index contributed by atoms with van der Waals surface area (Å²) in [6, 6.07) is 3.30. The Balaban J connectivity index is 3.45. The molecule has 3 atom stereocenters. The van der Waals surface area contributed by atoms with Crippen LogP contribution in [0.3, 0.4) is 0 Å². The molecule has 0 radical (unpaired) electrons. The molecule has 0 aliphatic carbocycles. The molecule has 0 heterocycles. The summed E-state index contributed by atoms with van der Waals surface area (Å²) in [6.07, 6.45) is -0.160. The Morgan fingerprint density at radius 3 is 2.09 bits per heavy atom. The number of nitrogens with one attached hydrogen (secondary N) is 2. The van der Waals surface area contributed by atoms with Gasteiger partial charge in [0.25, 0.3) is 0 Å². The van der Waals surface area contributed by atoms with Gasteiger partial charge in [-0.2, -0.15) is 0 Å². The summed E-state index contributed by atoms with van der Waals surface area (Å²) in [6.45, 7) is 12.0. The van der Waals surface area contributed by atoms with Crippen LogP contribution in [0, 0.1) is 5.92 Å². The van der Waals surface area contributed by atoms with Gasteiger partial charge in [-0.05, 0) is 58.2 Å². The van der Waals surface area contributed by atoms with Crippen molar-refractivity contribution in [3.8, 4) is 5.75 Å². The van der Waals surface area contributed by atoms with Gasteiger partial charge in [0.05, 0.1) is 7.11 Å². The number of hydrogen-bond acceptors (Lipinski definition) is 7. The number of amides is 3. The number of esters is 1. The Morgan fingerprint density at radius 2 is 1.63 bits per heavy atom. The predicted octanol–water partition coefficient (Wildman–Crippen LogP) is 2.90. The molecule has 0 saturated heterocycles. The standard InChI is InChI=1S/C25H39N3O7/c1-9-16(4)20(27-24(33)35-25(5,6)7)23(32)28(15(2)3)21(17-10-12-18(29)13-11-17)22(31)26-14-19(30)34-8/h10-13,15-16,20-21,29H,9,14H2,1-8H3,(H,26,31)(H,27,33). The lowest BCUT2D eigenvalue weighted by Crippen LogP contribution is -2.57. The van der Waals surface area contributed by atoms with Crippen LogP contribution in [-0.4, -0.2) is 65.2 Å². The van der Waals surface area contributed by atoms with E-state index in [0.717, 1.165) is 0 Å². The first-order valence-electron chi connectivity index (χ1n) is 11.7. The predicted molar refractivity (Wildman–Crippen MR) is 130 cm³/mol. The fourth-order valence-electron chi connectivity index (χ4n) is 3.38. The van der Waals surface area contributed by atoms with Crippen LogP contribution in [0.4, 0.5) is 4.79 Å². The molecule has 10 nitrogen and oxygen atoms in total. The lowest BCUT2D eigenvalue weighted by atomic mass is 9.95. The molecule has 0 fully saturated rings. The molecule has 1 rings (SSSR count). The van der Waals surface area contributed by atoms with Gasteiger partial charge in [-0.1, -0.05) is 32.4 Å². The van der Waals surface area contributed by atoms with E-state index in [9.17, 15) is 24.3 Å². The smallest absolute Gasteiger partial charge is 0.408 e. The molecule has 3 N–H and O–H groups in total. The number of nitrogens with zero attached hydrogens (tertiary/aromatic N) is 1. The van der Waals surface area contributed by atoms with Crippen molar-refractivity contribution in [1.82, 2.24) is 15.5 Å². The summed E-state index contributed by atoms with van der Waals surface area (Å²) < 4.78 is 9.95. The van der Waals surface area contributed by atoms with E-state index in [-0.39, 0.29) is 18.2 Å². The molecule has 0 bridgehead atoms. The van der Waals surface area contributed by atoms with Crippen LogP contribution in [0.1, 0.15) is 66.5 Å². The quantitative estimate of drug-likeness (QED) is 0.427. The Hall–Kier alpha value is -3.30. The Labute approximate surface area is 207 Å². The zero-order valence-corrected chi connectivity index (χ0v) is 21.9. The summed E-state index contributed by atoms with van der Waals surface area (Å²) >= 11 is 0. The molecule has 10 heteroatoms. The number of rotatable bonds is 10. The molecule has 1 aromatic rings.